The van der Waals surface area contributed by atoms with Crippen LogP contribution in [0.4, 0.5) is 14.9 Å². The highest BCUT2D eigenvalue weighted by molar-refractivity contribution is 6.31. The van der Waals surface area contributed by atoms with Crippen molar-refractivity contribution in [2.45, 2.75) is 33.3 Å². The summed E-state index contributed by atoms with van der Waals surface area (Å²) in [5, 5.41) is 7.07. The Labute approximate surface area is 224 Å². The standard InChI is InChI=1S/C29H26ClFN2O5/c1-4-36-26(34)15-19-9-11-20(12-10-19)23-14-13-21(16-25(23)31)28-27(17(2)33-38-28)32-29(35)37-18(3)22-7-5-6-8-24(22)30/h5-14,16,18H,4,15H2,1-3H3,(H,32,35)/t18-/m1/s1. The van der Waals surface area contributed by atoms with Gasteiger partial charge in [0.05, 0.1) is 13.0 Å². The summed E-state index contributed by atoms with van der Waals surface area (Å²) in [6, 6.07) is 18.7. The van der Waals surface area contributed by atoms with Crippen LogP contribution in [0, 0.1) is 12.7 Å². The van der Waals surface area contributed by atoms with Crippen molar-refractivity contribution in [3.05, 3.63) is 94.4 Å². The number of nitrogens with zero attached hydrogens (tertiary/aromatic N) is 1. The van der Waals surface area contributed by atoms with Crippen LogP contribution in [0.5, 0.6) is 0 Å². The summed E-state index contributed by atoms with van der Waals surface area (Å²) in [6.45, 7) is 5.43. The van der Waals surface area contributed by atoms with Gasteiger partial charge in [-0.3, -0.25) is 10.1 Å². The number of nitrogens with one attached hydrogen (secondary N) is 1. The number of aryl methyl sites for hydroxylation is 1. The fourth-order valence-electron chi connectivity index (χ4n) is 3.95. The van der Waals surface area contributed by atoms with Gasteiger partial charge >= 0.3 is 12.1 Å². The molecule has 0 spiro atoms. The minimum Gasteiger partial charge on any atom is -0.466 e. The Morgan fingerprint density at radius 1 is 1.08 bits per heavy atom. The maximum Gasteiger partial charge on any atom is 0.412 e. The molecule has 7 nitrogen and oxygen atoms in total. The number of halogens is 2. The maximum absolute atomic E-state index is 15.2. The third-order valence-electron chi connectivity index (χ3n) is 5.87. The molecule has 0 saturated carbocycles. The average molecular weight is 537 g/mol. The van der Waals surface area contributed by atoms with Crippen LogP contribution in [0.25, 0.3) is 22.5 Å². The Morgan fingerprint density at radius 3 is 2.47 bits per heavy atom. The van der Waals surface area contributed by atoms with Gasteiger partial charge in [-0.1, -0.05) is 71.4 Å². The Kier molecular flexibility index (Phi) is 8.43. The monoisotopic (exact) mass is 536 g/mol. The average Bonchev–Trinajstić information content (AvgIpc) is 3.24. The zero-order valence-electron chi connectivity index (χ0n) is 21.1. The number of carbonyl (C=O) groups is 2. The predicted octanol–water partition coefficient (Wildman–Crippen LogP) is 7.52. The number of carbonyl (C=O) groups excluding carboxylic acids is 2. The largest absolute Gasteiger partial charge is 0.466 e. The van der Waals surface area contributed by atoms with Crippen molar-refractivity contribution in [3.63, 3.8) is 0 Å². The number of esters is 1. The van der Waals surface area contributed by atoms with Gasteiger partial charge in [0.1, 0.15) is 23.3 Å². The summed E-state index contributed by atoms with van der Waals surface area (Å²) >= 11 is 6.20. The molecule has 0 fully saturated rings. The second kappa shape index (κ2) is 11.9. The minimum absolute atomic E-state index is 0.149. The summed E-state index contributed by atoms with van der Waals surface area (Å²) in [4.78, 5) is 24.3. The second-order valence-corrected chi connectivity index (χ2v) is 8.95. The van der Waals surface area contributed by atoms with E-state index in [0.717, 1.165) is 5.56 Å². The summed E-state index contributed by atoms with van der Waals surface area (Å²) in [6.07, 6.45) is -1.19. The van der Waals surface area contributed by atoms with Crippen molar-refractivity contribution < 1.29 is 28.0 Å². The van der Waals surface area contributed by atoms with Crippen LogP contribution in [0.2, 0.25) is 5.02 Å². The Bertz CT molecular complexity index is 1450. The highest BCUT2D eigenvalue weighted by Crippen LogP contribution is 2.34. The second-order valence-electron chi connectivity index (χ2n) is 8.54. The molecule has 0 aliphatic carbocycles. The normalized spacial score (nSPS) is 11.6. The van der Waals surface area contributed by atoms with E-state index in [9.17, 15) is 9.59 Å². The first-order valence-electron chi connectivity index (χ1n) is 12.0. The molecule has 196 valence electrons. The quantitative estimate of drug-likeness (QED) is 0.234. The number of anilines is 1. The van der Waals surface area contributed by atoms with Gasteiger partial charge in [-0.25, -0.2) is 9.18 Å². The number of hydrogen-bond acceptors (Lipinski definition) is 6. The smallest absolute Gasteiger partial charge is 0.412 e. The van der Waals surface area contributed by atoms with Gasteiger partial charge in [-0.2, -0.15) is 0 Å². The van der Waals surface area contributed by atoms with E-state index in [-0.39, 0.29) is 23.8 Å². The lowest BCUT2D eigenvalue weighted by Crippen LogP contribution is -2.17. The molecule has 1 atom stereocenters. The molecule has 4 rings (SSSR count). The van der Waals surface area contributed by atoms with Crippen LogP contribution in [-0.2, 0) is 20.7 Å². The van der Waals surface area contributed by atoms with Crippen molar-refractivity contribution in [1.29, 1.82) is 0 Å². The number of benzene rings is 3. The van der Waals surface area contributed by atoms with Crippen molar-refractivity contribution in [2.24, 2.45) is 0 Å². The molecule has 1 amide bonds. The molecular weight excluding hydrogens is 511 g/mol. The molecule has 0 aliphatic rings. The van der Waals surface area contributed by atoms with Crippen molar-refractivity contribution >= 4 is 29.4 Å². The molecular formula is C29H26ClFN2O5. The molecule has 0 unspecified atom stereocenters. The minimum atomic E-state index is -0.732. The van der Waals surface area contributed by atoms with Gasteiger partial charge in [0.25, 0.3) is 0 Å². The first-order valence-corrected chi connectivity index (χ1v) is 12.4. The van der Waals surface area contributed by atoms with Crippen LogP contribution >= 0.6 is 11.6 Å². The summed E-state index contributed by atoms with van der Waals surface area (Å²) in [5.74, 6) is -0.611. The topological polar surface area (TPSA) is 90.7 Å². The van der Waals surface area contributed by atoms with Gasteiger partial charge in [-0.05, 0) is 44.0 Å². The Morgan fingerprint density at radius 2 is 1.79 bits per heavy atom. The number of aromatic nitrogens is 1. The molecule has 0 radical (unpaired) electrons. The third kappa shape index (κ3) is 6.20. The highest BCUT2D eigenvalue weighted by Gasteiger charge is 2.21. The van der Waals surface area contributed by atoms with E-state index in [1.54, 1.807) is 81.4 Å². The summed E-state index contributed by atoms with van der Waals surface area (Å²) in [5.41, 5.74) is 3.52. The zero-order valence-corrected chi connectivity index (χ0v) is 21.8. The van der Waals surface area contributed by atoms with Crippen molar-refractivity contribution in [1.82, 2.24) is 5.16 Å². The van der Waals surface area contributed by atoms with E-state index in [1.165, 1.54) is 6.07 Å². The lowest BCUT2D eigenvalue weighted by atomic mass is 10.00. The first kappa shape index (κ1) is 26.9. The van der Waals surface area contributed by atoms with E-state index in [4.69, 9.17) is 25.6 Å². The molecule has 38 heavy (non-hydrogen) atoms. The number of hydrogen-bond donors (Lipinski definition) is 1. The van der Waals surface area contributed by atoms with Gasteiger partial charge < -0.3 is 14.0 Å². The van der Waals surface area contributed by atoms with Gasteiger partial charge in [0.2, 0.25) is 0 Å². The fourth-order valence-corrected chi connectivity index (χ4v) is 4.23. The van der Waals surface area contributed by atoms with E-state index < -0.39 is 18.0 Å². The maximum atomic E-state index is 15.2. The third-order valence-corrected chi connectivity index (χ3v) is 6.21. The van der Waals surface area contributed by atoms with E-state index in [1.807, 2.05) is 0 Å². The van der Waals surface area contributed by atoms with Crippen LogP contribution < -0.4 is 5.32 Å². The summed E-state index contributed by atoms with van der Waals surface area (Å²) < 4.78 is 31.0. The lowest BCUT2D eigenvalue weighted by molar-refractivity contribution is -0.142. The highest BCUT2D eigenvalue weighted by atomic mass is 35.5. The number of ether oxygens (including phenoxy) is 2. The zero-order chi connectivity index (χ0) is 27.2. The predicted molar refractivity (Wildman–Crippen MR) is 142 cm³/mol. The lowest BCUT2D eigenvalue weighted by Gasteiger charge is -2.15. The van der Waals surface area contributed by atoms with Crippen molar-refractivity contribution in [2.75, 3.05) is 11.9 Å². The molecule has 3 aromatic carbocycles. The Hall–Kier alpha value is -4.17. The van der Waals surface area contributed by atoms with E-state index >= 15 is 4.39 Å². The molecule has 9 heteroatoms. The SMILES string of the molecule is CCOC(=O)Cc1ccc(-c2ccc(-c3onc(C)c3NC(=O)O[C@H](C)c3ccccc3Cl)cc2F)cc1. The van der Waals surface area contributed by atoms with Crippen LogP contribution in [0.1, 0.15) is 36.8 Å². The van der Waals surface area contributed by atoms with E-state index in [0.29, 0.717) is 39.6 Å². The fraction of sp³-hybridized carbons (Fsp3) is 0.207. The number of rotatable bonds is 8. The molecule has 1 N–H and O–H groups in total. The first-order chi connectivity index (χ1) is 18.3. The molecule has 4 aromatic rings. The molecule has 0 aliphatic heterocycles. The van der Waals surface area contributed by atoms with Gasteiger partial charge in [0, 0.05) is 21.7 Å². The van der Waals surface area contributed by atoms with Crippen LogP contribution in [0.3, 0.4) is 0 Å². The summed E-state index contributed by atoms with van der Waals surface area (Å²) in [7, 11) is 0. The molecule has 0 saturated heterocycles. The molecule has 1 aromatic heterocycles. The van der Waals surface area contributed by atoms with Gasteiger partial charge in [-0.15, -0.1) is 0 Å². The van der Waals surface area contributed by atoms with Gasteiger partial charge in [0.15, 0.2) is 5.76 Å². The molecule has 1 heterocycles. The van der Waals surface area contributed by atoms with Crippen LogP contribution in [-0.4, -0.2) is 23.8 Å². The van der Waals surface area contributed by atoms with Crippen LogP contribution in [0.15, 0.2) is 71.3 Å². The van der Waals surface area contributed by atoms with E-state index in [2.05, 4.69) is 10.5 Å². The number of amides is 1. The molecule has 0 bridgehead atoms. The Balaban J connectivity index is 1.50. The van der Waals surface area contributed by atoms with Crippen molar-refractivity contribution in [3.8, 4) is 22.5 Å².